The molecule has 1 N–H and O–H groups in total. The predicted molar refractivity (Wildman–Crippen MR) is 122 cm³/mol. The highest BCUT2D eigenvalue weighted by atomic mass is 32.2. The van der Waals surface area contributed by atoms with Gasteiger partial charge >= 0.3 is 0 Å². The molecule has 8 heteroatoms. The first-order valence-corrected chi connectivity index (χ1v) is 11.0. The minimum absolute atomic E-state index is 0.615. The van der Waals surface area contributed by atoms with Crippen LogP contribution in [-0.4, -0.2) is 58.3 Å². The third-order valence-electron chi connectivity index (χ3n) is 4.28. The molecule has 0 radical (unpaired) electrons. The number of hydrogen-bond donors (Lipinski definition) is 1. The summed E-state index contributed by atoms with van der Waals surface area (Å²) in [7, 11) is 5.77. The Kier molecular flexibility index (Phi) is 8.41. The molecule has 0 unspecified atom stereocenters. The minimum atomic E-state index is 0.615. The van der Waals surface area contributed by atoms with Gasteiger partial charge in [-0.2, -0.15) is 11.8 Å². The van der Waals surface area contributed by atoms with Crippen molar-refractivity contribution in [3.63, 3.8) is 0 Å². The van der Waals surface area contributed by atoms with E-state index in [4.69, 9.17) is 4.74 Å². The Hall–Kier alpha value is -2.71. The molecular formula is C22H28N6OS. The summed E-state index contributed by atoms with van der Waals surface area (Å²) in [4.78, 5) is 19.6. The predicted octanol–water partition coefficient (Wildman–Crippen LogP) is 3.27. The SMILES string of the molecule is COc1cc(Cc2cnc(NCCSCc3cc(CN(C)C)ccn3)nc2)ccn1. The van der Waals surface area contributed by atoms with Crippen molar-refractivity contribution in [2.24, 2.45) is 0 Å². The lowest BCUT2D eigenvalue weighted by molar-refractivity contribution is 0.397. The van der Waals surface area contributed by atoms with E-state index in [1.165, 1.54) is 5.56 Å². The molecule has 0 aliphatic rings. The number of aromatic nitrogens is 4. The summed E-state index contributed by atoms with van der Waals surface area (Å²) in [5.74, 6) is 3.13. The molecule has 7 nitrogen and oxygen atoms in total. The standard InChI is InChI=1S/C22H28N6OS/c1-28(2)15-18-5-6-23-20(11-18)16-30-9-8-25-22-26-13-19(14-27-22)10-17-4-7-24-21(12-17)29-3/h4-7,11-14H,8-10,15-16H2,1-3H3,(H,25,26,27). The summed E-state index contributed by atoms with van der Waals surface area (Å²) in [5.41, 5.74) is 4.58. The third kappa shape index (κ3) is 7.27. The minimum Gasteiger partial charge on any atom is -0.481 e. The molecule has 0 saturated carbocycles. The van der Waals surface area contributed by atoms with Gasteiger partial charge in [0.25, 0.3) is 0 Å². The normalized spacial score (nSPS) is 10.9. The van der Waals surface area contributed by atoms with Crippen molar-refractivity contribution in [3.8, 4) is 5.88 Å². The van der Waals surface area contributed by atoms with Crippen LogP contribution in [0.1, 0.15) is 22.4 Å². The molecule has 0 aromatic carbocycles. The van der Waals surface area contributed by atoms with Gasteiger partial charge in [-0.3, -0.25) is 4.98 Å². The number of thioether (sulfide) groups is 1. The maximum atomic E-state index is 5.16. The van der Waals surface area contributed by atoms with Crippen LogP contribution >= 0.6 is 11.8 Å². The summed E-state index contributed by atoms with van der Waals surface area (Å²) in [6.45, 7) is 1.74. The number of nitrogens with zero attached hydrogens (tertiary/aromatic N) is 5. The zero-order valence-corrected chi connectivity index (χ0v) is 18.5. The van der Waals surface area contributed by atoms with Crippen LogP contribution in [0.5, 0.6) is 5.88 Å². The Morgan fingerprint density at radius 1 is 0.967 bits per heavy atom. The summed E-state index contributed by atoms with van der Waals surface area (Å²) in [6, 6.07) is 8.15. The summed E-state index contributed by atoms with van der Waals surface area (Å²) >= 11 is 1.85. The molecule has 0 amide bonds. The van der Waals surface area contributed by atoms with Gasteiger partial charge < -0.3 is 15.0 Å². The molecular weight excluding hydrogens is 396 g/mol. The Morgan fingerprint density at radius 3 is 2.50 bits per heavy atom. The second kappa shape index (κ2) is 11.5. The fourth-order valence-corrected chi connectivity index (χ4v) is 3.69. The molecule has 0 spiro atoms. The molecule has 158 valence electrons. The molecule has 3 aromatic rings. The van der Waals surface area contributed by atoms with E-state index in [0.29, 0.717) is 11.8 Å². The number of rotatable bonds is 11. The number of nitrogens with one attached hydrogen (secondary N) is 1. The van der Waals surface area contributed by atoms with E-state index >= 15 is 0 Å². The second-order valence-corrected chi connectivity index (χ2v) is 8.28. The largest absolute Gasteiger partial charge is 0.481 e. The van der Waals surface area contributed by atoms with E-state index in [0.717, 1.165) is 47.8 Å². The molecule has 0 aliphatic carbocycles. The van der Waals surface area contributed by atoms with Crippen molar-refractivity contribution in [3.05, 3.63) is 71.4 Å². The van der Waals surface area contributed by atoms with Crippen LogP contribution in [-0.2, 0) is 18.7 Å². The van der Waals surface area contributed by atoms with Gasteiger partial charge in [0.2, 0.25) is 11.8 Å². The van der Waals surface area contributed by atoms with Gasteiger partial charge in [-0.25, -0.2) is 15.0 Å². The van der Waals surface area contributed by atoms with Gasteiger partial charge in [-0.1, -0.05) is 0 Å². The first-order valence-electron chi connectivity index (χ1n) is 9.82. The molecule has 30 heavy (non-hydrogen) atoms. The summed E-state index contributed by atoms with van der Waals surface area (Å²) < 4.78 is 5.16. The lowest BCUT2D eigenvalue weighted by Crippen LogP contribution is -2.11. The molecule has 0 atom stereocenters. The van der Waals surface area contributed by atoms with Gasteiger partial charge in [0, 0.05) is 61.9 Å². The highest BCUT2D eigenvalue weighted by molar-refractivity contribution is 7.98. The van der Waals surface area contributed by atoms with E-state index in [-0.39, 0.29) is 0 Å². The Labute approximate surface area is 182 Å². The van der Waals surface area contributed by atoms with Crippen molar-refractivity contribution in [2.75, 3.05) is 38.8 Å². The lowest BCUT2D eigenvalue weighted by atomic mass is 10.1. The molecule has 0 saturated heterocycles. The quantitative estimate of drug-likeness (QED) is 0.470. The maximum absolute atomic E-state index is 5.16. The maximum Gasteiger partial charge on any atom is 0.222 e. The highest BCUT2D eigenvalue weighted by Gasteiger charge is 2.03. The first-order chi connectivity index (χ1) is 14.6. The zero-order valence-electron chi connectivity index (χ0n) is 17.7. The van der Waals surface area contributed by atoms with Crippen molar-refractivity contribution < 1.29 is 4.74 Å². The van der Waals surface area contributed by atoms with Gasteiger partial charge in [-0.05, 0) is 49.0 Å². The van der Waals surface area contributed by atoms with Crippen LogP contribution in [0, 0.1) is 0 Å². The lowest BCUT2D eigenvalue weighted by Gasteiger charge is -2.10. The second-order valence-electron chi connectivity index (χ2n) is 7.17. The van der Waals surface area contributed by atoms with E-state index in [1.54, 1.807) is 13.3 Å². The van der Waals surface area contributed by atoms with Crippen molar-refractivity contribution in [1.82, 2.24) is 24.8 Å². The molecule has 0 bridgehead atoms. The number of pyridine rings is 2. The van der Waals surface area contributed by atoms with Crippen LogP contribution in [0.3, 0.4) is 0 Å². The van der Waals surface area contributed by atoms with Gasteiger partial charge in [0.15, 0.2) is 0 Å². The summed E-state index contributed by atoms with van der Waals surface area (Å²) in [5, 5.41) is 3.28. The Bertz CT molecular complexity index is 920. The van der Waals surface area contributed by atoms with Gasteiger partial charge in [-0.15, -0.1) is 0 Å². The number of ether oxygens (including phenoxy) is 1. The van der Waals surface area contributed by atoms with Crippen LogP contribution in [0.4, 0.5) is 5.95 Å². The van der Waals surface area contributed by atoms with E-state index in [9.17, 15) is 0 Å². The molecule has 3 heterocycles. The van der Waals surface area contributed by atoms with Crippen molar-refractivity contribution in [2.45, 2.75) is 18.7 Å². The van der Waals surface area contributed by atoms with Crippen LogP contribution in [0.15, 0.2) is 49.1 Å². The smallest absolute Gasteiger partial charge is 0.222 e. The average Bonchev–Trinajstić information content (AvgIpc) is 2.75. The monoisotopic (exact) mass is 424 g/mol. The molecule has 3 aromatic heterocycles. The Morgan fingerprint density at radius 2 is 1.73 bits per heavy atom. The van der Waals surface area contributed by atoms with Crippen LogP contribution < -0.4 is 10.1 Å². The first kappa shape index (κ1) is 22.0. The fourth-order valence-electron chi connectivity index (χ4n) is 2.93. The van der Waals surface area contributed by atoms with Crippen molar-refractivity contribution in [1.29, 1.82) is 0 Å². The van der Waals surface area contributed by atoms with E-state index in [1.807, 2.05) is 42.5 Å². The zero-order chi connectivity index (χ0) is 21.2. The number of anilines is 1. The van der Waals surface area contributed by atoms with E-state index in [2.05, 4.69) is 56.4 Å². The van der Waals surface area contributed by atoms with Gasteiger partial charge in [0.05, 0.1) is 12.8 Å². The number of methoxy groups -OCH3 is 1. The third-order valence-corrected chi connectivity index (χ3v) is 5.27. The highest BCUT2D eigenvalue weighted by Crippen LogP contribution is 2.14. The van der Waals surface area contributed by atoms with E-state index < -0.39 is 0 Å². The molecule has 0 fully saturated rings. The van der Waals surface area contributed by atoms with Gasteiger partial charge in [0.1, 0.15) is 0 Å². The fraction of sp³-hybridized carbons (Fsp3) is 0.364. The van der Waals surface area contributed by atoms with Crippen molar-refractivity contribution >= 4 is 17.7 Å². The summed E-state index contributed by atoms with van der Waals surface area (Å²) in [6.07, 6.45) is 8.10. The van der Waals surface area contributed by atoms with Crippen LogP contribution in [0.2, 0.25) is 0 Å². The molecule has 3 rings (SSSR count). The number of hydrogen-bond acceptors (Lipinski definition) is 8. The average molecular weight is 425 g/mol. The van der Waals surface area contributed by atoms with Crippen LogP contribution in [0.25, 0.3) is 0 Å². The molecule has 0 aliphatic heterocycles. The Balaban J connectivity index is 1.39. The topological polar surface area (TPSA) is 76.1 Å².